The third kappa shape index (κ3) is 6.30. The van der Waals surface area contributed by atoms with Gasteiger partial charge in [0.25, 0.3) is 5.91 Å². The second kappa shape index (κ2) is 12.4. The lowest BCUT2D eigenvalue weighted by Crippen LogP contribution is -2.69. The number of hydrogen-bond acceptors (Lipinski definition) is 14. The molecule has 2 saturated carbocycles. The van der Waals surface area contributed by atoms with Crippen molar-refractivity contribution in [2.45, 2.75) is 98.3 Å². The van der Waals surface area contributed by atoms with Crippen molar-refractivity contribution in [3.8, 4) is 0 Å². The second-order valence-corrected chi connectivity index (χ2v) is 11.7. The summed E-state index contributed by atoms with van der Waals surface area (Å²) in [5, 5.41) is 61.5. The van der Waals surface area contributed by atoms with Gasteiger partial charge in [-0.25, -0.2) is 0 Å². The Labute approximate surface area is 233 Å². The third-order valence-corrected chi connectivity index (χ3v) is 8.57. The molecule has 14 N–H and O–H groups in total. The van der Waals surface area contributed by atoms with Gasteiger partial charge in [0.1, 0.15) is 29.7 Å². The van der Waals surface area contributed by atoms with Crippen molar-refractivity contribution in [2.24, 2.45) is 23.1 Å². The van der Waals surface area contributed by atoms with Gasteiger partial charge in [-0.05, 0) is 32.9 Å². The van der Waals surface area contributed by atoms with Gasteiger partial charge in [0.05, 0.1) is 37.9 Å². The number of aliphatic hydroxyl groups excluding tert-OH is 3. The Hall–Kier alpha value is -1.47. The van der Waals surface area contributed by atoms with Crippen LogP contribution in [-0.2, 0) is 19.0 Å². The number of ether oxygens (including phenoxy) is 3. The SMILES string of the molecule is CNC1C(O)C(OC2C(NC(=O)C3(O)CC3N)CC(N)C(C3OC(CNCCO)=CCC3N)C2O)OCC1(C)O. The van der Waals surface area contributed by atoms with E-state index in [0.717, 1.165) is 0 Å². The molecule has 230 valence electrons. The van der Waals surface area contributed by atoms with Gasteiger partial charge in [0.15, 0.2) is 11.9 Å². The molecule has 2 heterocycles. The molecule has 13 atom stereocenters. The Morgan fingerprint density at radius 2 is 1.90 bits per heavy atom. The summed E-state index contributed by atoms with van der Waals surface area (Å²) in [5.41, 5.74) is 15.6. The molecule has 1 amide bonds. The zero-order valence-corrected chi connectivity index (χ0v) is 23.0. The molecule has 40 heavy (non-hydrogen) atoms. The lowest BCUT2D eigenvalue weighted by Gasteiger charge is -2.50. The lowest BCUT2D eigenvalue weighted by molar-refractivity contribution is -0.297. The highest BCUT2D eigenvalue weighted by Crippen LogP contribution is 2.38. The van der Waals surface area contributed by atoms with Crippen molar-refractivity contribution in [1.29, 1.82) is 0 Å². The molecule has 1 saturated heterocycles. The van der Waals surface area contributed by atoms with E-state index in [1.54, 1.807) is 7.05 Å². The van der Waals surface area contributed by atoms with Gasteiger partial charge in [-0.2, -0.15) is 0 Å². The third-order valence-electron chi connectivity index (χ3n) is 8.57. The highest BCUT2D eigenvalue weighted by atomic mass is 16.7. The number of carbonyl (C=O) groups excluding carboxylic acids is 1. The van der Waals surface area contributed by atoms with Gasteiger partial charge in [0.2, 0.25) is 0 Å². The molecule has 0 spiro atoms. The molecular weight excluding hydrogens is 528 g/mol. The zero-order chi connectivity index (χ0) is 29.4. The molecule has 0 aromatic heterocycles. The fraction of sp³-hybridized carbons (Fsp3) is 0.880. The quantitative estimate of drug-likeness (QED) is 0.109. The first kappa shape index (κ1) is 31.5. The van der Waals surface area contributed by atoms with Crippen LogP contribution < -0.4 is 33.2 Å². The summed E-state index contributed by atoms with van der Waals surface area (Å²) in [7, 11) is 1.58. The number of aliphatic hydroxyl groups is 5. The highest BCUT2D eigenvalue weighted by molar-refractivity contribution is 5.89. The Morgan fingerprint density at radius 3 is 2.52 bits per heavy atom. The first-order valence-electron chi connectivity index (χ1n) is 13.8. The van der Waals surface area contributed by atoms with Crippen LogP contribution in [0.3, 0.4) is 0 Å². The van der Waals surface area contributed by atoms with Gasteiger partial charge >= 0.3 is 0 Å². The number of nitrogens with two attached hydrogens (primary N) is 3. The molecule has 0 aromatic carbocycles. The summed E-state index contributed by atoms with van der Waals surface area (Å²) < 4.78 is 18.0. The van der Waals surface area contributed by atoms with Crippen LogP contribution in [0.4, 0.5) is 0 Å². The van der Waals surface area contributed by atoms with E-state index >= 15 is 0 Å². The van der Waals surface area contributed by atoms with E-state index in [1.807, 2.05) is 6.08 Å². The van der Waals surface area contributed by atoms with Crippen molar-refractivity contribution in [1.82, 2.24) is 16.0 Å². The molecule has 15 heteroatoms. The van der Waals surface area contributed by atoms with Crippen LogP contribution in [-0.4, -0.2) is 137 Å². The zero-order valence-electron chi connectivity index (χ0n) is 23.0. The Balaban J connectivity index is 1.56. The molecule has 0 bridgehead atoms. The first-order chi connectivity index (χ1) is 18.8. The predicted octanol–water partition coefficient (Wildman–Crippen LogP) is -5.34. The number of likely N-dealkylation sites (N-methyl/N-ethyl adjacent to an activating group) is 1. The Bertz CT molecular complexity index is 927. The van der Waals surface area contributed by atoms with Crippen LogP contribution in [0, 0.1) is 5.92 Å². The molecular formula is C25H46N6O9. The van der Waals surface area contributed by atoms with Gasteiger partial charge in [-0.15, -0.1) is 0 Å². The average molecular weight is 575 g/mol. The molecule has 4 rings (SSSR count). The monoisotopic (exact) mass is 574 g/mol. The topological polar surface area (TPSA) is 260 Å². The minimum absolute atomic E-state index is 0.0342. The van der Waals surface area contributed by atoms with Gasteiger partial charge < -0.3 is 72.9 Å². The highest BCUT2D eigenvalue weighted by Gasteiger charge is 2.59. The van der Waals surface area contributed by atoms with E-state index in [2.05, 4.69) is 16.0 Å². The number of nitrogens with one attached hydrogen (secondary N) is 3. The Kier molecular flexibility index (Phi) is 9.76. The first-order valence-corrected chi connectivity index (χ1v) is 13.8. The van der Waals surface area contributed by atoms with Gasteiger partial charge in [-0.1, -0.05) is 0 Å². The summed E-state index contributed by atoms with van der Waals surface area (Å²) in [6, 6.07) is -3.58. The molecule has 2 aliphatic heterocycles. The van der Waals surface area contributed by atoms with E-state index in [1.165, 1.54) is 6.92 Å². The van der Waals surface area contributed by atoms with E-state index in [-0.39, 0.29) is 26.1 Å². The standard InChI is InChI=1S/C25H46N6O9/c1-24(36)10-38-22(18(34)21(24)29-2)40-20-14(31-23(35)25(37)8-15(25)28)7-13(27)16(17(20)33)19-12(26)4-3-11(39-19)9-30-5-6-32/h3,12-22,29-30,32-34,36-37H,4-10,26-28H2,1-2H3,(H,31,35). The minimum atomic E-state index is -1.72. The summed E-state index contributed by atoms with van der Waals surface area (Å²) >= 11 is 0. The van der Waals surface area contributed by atoms with Gasteiger partial charge in [-0.3, -0.25) is 4.79 Å². The maximum absolute atomic E-state index is 12.9. The summed E-state index contributed by atoms with van der Waals surface area (Å²) in [4.78, 5) is 12.9. The maximum Gasteiger partial charge on any atom is 0.253 e. The molecule has 4 aliphatic rings. The number of amides is 1. The van der Waals surface area contributed by atoms with Crippen molar-refractivity contribution >= 4 is 5.91 Å². The molecule has 13 unspecified atom stereocenters. The summed E-state index contributed by atoms with van der Waals surface area (Å²) in [6.45, 7) is 2.05. The van der Waals surface area contributed by atoms with Crippen molar-refractivity contribution in [3.63, 3.8) is 0 Å². The summed E-state index contributed by atoms with van der Waals surface area (Å²) in [5.74, 6) is -0.837. The van der Waals surface area contributed by atoms with Crippen molar-refractivity contribution < 1.29 is 44.5 Å². The number of carbonyl (C=O) groups is 1. The van der Waals surface area contributed by atoms with E-state index in [0.29, 0.717) is 25.3 Å². The minimum Gasteiger partial charge on any atom is -0.492 e. The molecule has 0 radical (unpaired) electrons. The van der Waals surface area contributed by atoms with Gasteiger partial charge in [0, 0.05) is 37.0 Å². The average Bonchev–Trinajstić information content (AvgIpc) is 3.52. The van der Waals surface area contributed by atoms with E-state index in [4.69, 9.17) is 36.5 Å². The molecule has 0 aromatic rings. The van der Waals surface area contributed by atoms with Crippen molar-refractivity contribution in [3.05, 3.63) is 11.8 Å². The van der Waals surface area contributed by atoms with Crippen LogP contribution in [0.15, 0.2) is 11.8 Å². The van der Waals surface area contributed by atoms with Crippen LogP contribution in [0.5, 0.6) is 0 Å². The largest absolute Gasteiger partial charge is 0.492 e. The van der Waals surface area contributed by atoms with Crippen LogP contribution in [0.1, 0.15) is 26.2 Å². The molecule has 15 nitrogen and oxygen atoms in total. The summed E-state index contributed by atoms with van der Waals surface area (Å²) in [6.07, 6.45) is -3.22. The van der Waals surface area contributed by atoms with Crippen LogP contribution >= 0.6 is 0 Å². The second-order valence-electron chi connectivity index (χ2n) is 11.7. The fourth-order valence-electron chi connectivity index (χ4n) is 6.08. The Morgan fingerprint density at radius 1 is 1.20 bits per heavy atom. The number of hydrogen-bond donors (Lipinski definition) is 11. The predicted molar refractivity (Wildman–Crippen MR) is 141 cm³/mol. The number of rotatable bonds is 10. The maximum atomic E-state index is 12.9. The van der Waals surface area contributed by atoms with Crippen molar-refractivity contribution in [2.75, 3.05) is 33.4 Å². The normalized spacial score (nSPS) is 47.2. The lowest BCUT2D eigenvalue weighted by atomic mass is 9.72. The molecule has 3 fully saturated rings. The van der Waals surface area contributed by atoms with E-state index < -0.39 is 83.9 Å². The fourth-order valence-corrected chi connectivity index (χ4v) is 6.08. The van der Waals surface area contributed by atoms with Crippen LogP contribution in [0.2, 0.25) is 0 Å². The van der Waals surface area contributed by atoms with Crippen LogP contribution in [0.25, 0.3) is 0 Å². The smallest absolute Gasteiger partial charge is 0.253 e. The van der Waals surface area contributed by atoms with E-state index in [9.17, 15) is 25.2 Å². The molecule has 2 aliphatic carbocycles.